The molecule has 0 unspecified atom stereocenters. The smallest absolute Gasteiger partial charge is 0.328 e. The van der Waals surface area contributed by atoms with Crippen LogP contribution in [0.15, 0.2) is 18.3 Å². The largest absolute Gasteiger partial charge is 0.480 e. The Morgan fingerprint density at radius 2 is 2.37 bits per heavy atom. The van der Waals surface area contributed by atoms with Crippen molar-refractivity contribution < 1.29 is 19.4 Å². The van der Waals surface area contributed by atoms with Crippen molar-refractivity contribution in [1.29, 1.82) is 0 Å². The maximum Gasteiger partial charge on any atom is 0.328 e. The number of carboxylic acid groups (broad SMARTS) is 1. The number of ether oxygens (including phenoxy) is 1. The molecule has 1 fully saturated rings. The highest BCUT2D eigenvalue weighted by Crippen LogP contribution is 2.09. The Morgan fingerprint density at radius 1 is 1.58 bits per heavy atom. The molecule has 1 saturated heterocycles. The van der Waals surface area contributed by atoms with Gasteiger partial charge in [0.05, 0.1) is 18.9 Å². The number of carbonyl (C=O) groups excluding carboxylic acids is 1. The van der Waals surface area contributed by atoms with Crippen LogP contribution >= 0.6 is 0 Å². The molecule has 1 amide bonds. The lowest BCUT2D eigenvalue weighted by Crippen LogP contribution is -2.52. The van der Waals surface area contributed by atoms with Crippen LogP contribution in [-0.2, 0) is 21.4 Å². The molecular formula is C12H15N3O4. The summed E-state index contributed by atoms with van der Waals surface area (Å²) in [6.07, 6.45) is 4.60. The number of hydrogen-bond donors (Lipinski definition) is 1. The molecule has 1 atom stereocenters. The molecule has 0 spiro atoms. The number of hydrogen-bond acceptors (Lipinski definition) is 4. The molecule has 1 aromatic rings. The summed E-state index contributed by atoms with van der Waals surface area (Å²) < 4.78 is 6.70. The predicted octanol–water partition coefficient (Wildman–Crippen LogP) is -0.255. The Morgan fingerprint density at radius 3 is 3.00 bits per heavy atom. The Bertz CT molecular complexity index is 509. The van der Waals surface area contributed by atoms with Crippen LogP contribution in [-0.4, -0.2) is 57.5 Å². The zero-order valence-electron chi connectivity index (χ0n) is 10.5. The van der Waals surface area contributed by atoms with Gasteiger partial charge in [-0.05, 0) is 12.1 Å². The second kappa shape index (κ2) is 5.66. The summed E-state index contributed by atoms with van der Waals surface area (Å²) >= 11 is 0. The van der Waals surface area contributed by atoms with Crippen molar-refractivity contribution in [2.24, 2.45) is 7.05 Å². The summed E-state index contributed by atoms with van der Waals surface area (Å²) in [6, 6.07) is 0.843. The normalized spacial score (nSPS) is 19.8. The zero-order chi connectivity index (χ0) is 13.8. The molecule has 0 radical (unpaired) electrons. The van der Waals surface area contributed by atoms with E-state index in [-0.39, 0.29) is 19.1 Å². The zero-order valence-corrected chi connectivity index (χ0v) is 10.5. The van der Waals surface area contributed by atoms with Crippen molar-refractivity contribution >= 4 is 18.0 Å². The van der Waals surface area contributed by atoms with Gasteiger partial charge in [0, 0.05) is 25.9 Å². The second-order valence-corrected chi connectivity index (χ2v) is 4.17. The summed E-state index contributed by atoms with van der Waals surface area (Å²) in [5.41, 5.74) is 0.772. The molecule has 1 aliphatic heterocycles. The molecule has 7 nitrogen and oxygen atoms in total. The second-order valence-electron chi connectivity index (χ2n) is 4.17. The van der Waals surface area contributed by atoms with Crippen molar-refractivity contribution in [3.05, 3.63) is 24.0 Å². The molecule has 1 aromatic heterocycles. The van der Waals surface area contributed by atoms with E-state index in [1.807, 2.05) is 0 Å². The number of aryl methyl sites for hydroxylation is 1. The molecule has 0 aromatic carbocycles. The van der Waals surface area contributed by atoms with Crippen LogP contribution in [0.5, 0.6) is 0 Å². The lowest BCUT2D eigenvalue weighted by molar-refractivity contribution is -0.156. The molecule has 0 saturated carbocycles. The van der Waals surface area contributed by atoms with E-state index in [0.29, 0.717) is 6.61 Å². The van der Waals surface area contributed by atoms with E-state index >= 15 is 0 Å². The lowest BCUT2D eigenvalue weighted by Gasteiger charge is -2.31. The number of amides is 1. The topological polar surface area (TPSA) is 84.7 Å². The van der Waals surface area contributed by atoms with Crippen LogP contribution in [0.1, 0.15) is 5.69 Å². The molecular weight excluding hydrogens is 250 g/mol. The minimum atomic E-state index is -1.05. The van der Waals surface area contributed by atoms with Crippen molar-refractivity contribution in [3.8, 4) is 0 Å². The Hall–Kier alpha value is -2.15. The van der Waals surface area contributed by atoms with Crippen molar-refractivity contribution in [1.82, 2.24) is 14.7 Å². The summed E-state index contributed by atoms with van der Waals surface area (Å²) in [5, 5.41) is 13.0. The number of aliphatic carboxylic acids is 1. The number of carbonyl (C=O) groups is 2. The minimum Gasteiger partial charge on any atom is -0.480 e. The third-order valence-corrected chi connectivity index (χ3v) is 2.95. The average Bonchev–Trinajstić information content (AvgIpc) is 2.81. The fraction of sp³-hybridized carbons (Fsp3) is 0.417. The first-order valence-electron chi connectivity index (χ1n) is 5.87. The maximum absolute atomic E-state index is 12.0. The fourth-order valence-corrected chi connectivity index (χ4v) is 1.87. The first kappa shape index (κ1) is 13.3. The van der Waals surface area contributed by atoms with Gasteiger partial charge in [-0.3, -0.25) is 9.48 Å². The van der Waals surface area contributed by atoms with E-state index in [0.717, 1.165) is 5.69 Å². The molecule has 19 heavy (non-hydrogen) atoms. The fourth-order valence-electron chi connectivity index (χ4n) is 1.87. The number of nitrogens with zero attached hydrogens (tertiary/aromatic N) is 3. The van der Waals surface area contributed by atoms with Crippen LogP contribution in [0, 0.1) is 0 Å². The maximum atomic E-state index is 12.0. The quantitative estimate of drug-likeness (QED) is 0.761. The average molecular weight is 265 g/mol. The summed E-state index contributed by atoms with van der Waals surface area (Å²) in [6.45, 7) is 0.668. The molecule has 102 valence electrons. The first-order valence-corrected chi connectivity index (χ1v) is 5.87. The van der Waals surface area contributed by atoms with E-state index < -0.39 is 12.0 Å². The van der Waals surface area contributed by atoms with Gasteiger partial charge in [-0.25, -0.2) is 4.79 Å². The highest BCUT2D eigenvalue weighted by molar-refractivity contribution is 5.94. The van der Waals surface area contributed by atoms with Gasteiger partial charge < -0.3 is 14.7 Å². The lowest BCUT2D eigenvalue weighted by atomic mass is 10.2. The van der Waals surface area contributed by atoms with Gasteiger partial charge >= 0.3 is 5.97 Å². The van der Waals surface area contributed by atoms with Gasteiger partial charge in [0.2, 0.25) is 5.91 Å². The van der Waals surface area contributed by atoms with Gasteiger partial charge in [0.15, 0.2) is 6.04 Å². The van der Waals surface area contributed by atoms with Crippen LogP contribution < -0.4 is 0 Å². The number of aromatic nitrogens is 2. The predicted molar refractivity (Wildman–Crippen MR) is 66.2 cm³/mol. The van der Waals surface area contributed by atoms with Gasteiger partial charge in [-0.15, -0.1) is 0 Å². The SMILES string of the molecule is Cn1nccc1/C=C/C(=O)N1CCOC[C@@H]1C(=O)O. The van der Waals surface area contributed by atoms with E-state index in [4.69, 9.17) is 9.84 Å². The van der Waals surface area contributed by atoms with E-state index in [1.54, 1.807) is 30.1 Å². The molecule has 2 rings (SSSR count). The first-order chi connectivity index (χ1) is 9.09. The molecule has 2 heterocycles. The Kier molecular flexibility index (Phi) is 3.96. The highest BCUT2D eigenvalue weighted by atomic mass is 16.5. The number of carboxylic acids is 1. The molecule has 7 heteroatoms. The van der Waals surface area contributed by atoms with Gasteiger partial charge in [-0.1, -0.05) is 0 Å². The molecule has 1 aliphatic rings. The molecule has 0 aliphatic carbocycles. The molecule has 1 N–H and O–H groups in total. The monoisotopic (exact) mass is 265 g/mol. The van der Waals surface area contributed by atoms with Crippen molar-refractivity contribution in [2.45, 2.75) is 6.04 Å². The van der Waals surface area contributed by atoms with Crippen LogP contribution in [0.2, 0.25) is 0 Å². The van der Waals surface area contributed by atoms with Crippen molar-refractivity contribution in [2.75, 3.05) is 19.8 Å². The van der Waals surface area contributed by atoms with E-state index in [9.17, 15) is 9.59 Å². The van der Waals surface area contributed by atoms with Crippen LogP contribution in [0.4, 0.5) is 0 Å². The van der Waals surface area contributed by atoms with Gasteiger partial charge in [0.25, 0.3) is 0 Å². The van der Waals surface area contributed by atoms with Crippen LogP contribution in [0.3, 0.4) is 0 Å². The summed E-state index contributed by atoms with van der Waals surface area (Å²) in [4.78, 5) is 24.4. The minimum absolute atomic E-state index is 0.0284. The highest BCUT2D eigenvalue weighted by Gasteiger charge is 2.31. The van der Waals surface area contributed by atoms with E-state index in [2.05, 4.69) is 5.10 Å². The van der Waals surface area contributed by atoms with Gasteiger partial charge in [0.1, 0.15) is 0 Å². The number of morpholine rings is 1. The van der Waals surface area contributed by atoms with E-state index in [1.165, 1.54) is 11.0 Å². The third kappa shape index (κ3) is 3.00. The third-order valence-electron chi connectivity index (χ3n) is 2.95. The summed E-state index contributed by atoms with van der Waals surface area (Å²) in [5.74, 6) is -1.39. The molecule has 0 bridgehead atoms. The van der Waals surface area contributed by atoms with Gasteiger partial charge in [-0.2, -0.15) is 5.10 Å². The van der Waals surface area contributed by atoms with Crippen molar-refractivity contribution in [3.63, 3.8) is 0 Å². The standard InChI is InChI=1S/C12H15N3O4/c1-14-9(4-5-13-14)2-3-11(16)15-6-7-19-8-10(15)12(17)18/h2-5,10H,6-8H2,1H3,(H,17,18)/b3-2+/t10-/m1/s1. The van der Waals surface area contributed by atoms with Crippen LogP contribution in [0.25, 0.3) is 6.08 Å². The number of rotatable bonds is 3. The Labute approximate surface area is 110 Å². The summed E-state index contributed by atoms with van der Waals surface area (Å²) in [7, 11) is 1.76. The Balaban J connectivity index is 2.08.